The average Bonchev–Trinajstić information content (AvgIpc) is 3.19. The van der Waals surface area contributed by atoms with Crippen LogP contribution in [0.3, 0.4) is 0 Å². The maximum Gasteiger partial charge on any atom is 0.141 e. The molecule has 0 bridgehead atoms. The van der Waals surface area contributed by atoms with E-state index in [1.807, 2.05) is 0 Å². The van der Waals surface area contributed by atoms with Gasteiger partial charge >= 0.3 is 0 Å². The molecule has 5 heteroatoms. The van der Waals surface area contributed by atoms with Crippen molar-refractivity contribution in [3.8, 4) is 22.3 Å². The minimum absolute atomic E-state index is 1.04. The van der Waals surface area contributed by atoms with Crippen molar-refractivity contribution in [3.05, 3.63) is 66.3 Å². The number of quaternary nitrogens is 1. The van der Waals surface area contributed by atoms with Crippen LogP contribution >= 0.6 is 11.3 Å². The summed E-state index contributed by atoms with van der Waals surface area (Å²) in [6.45, 7) is 4.38. The number of likely N-dealkylation sites (N-methyl/N-ethyl adjacent to an activating group) is 1. The Morgan fingerprint density at radius 3 is 2.29 bits per heavy atom. The predicted molar refractivity (Wildman–Crippen MR) is 117 cm³/mol. The van der Waals surface area contributed by atoms with Gasteiger partial charge in [0, 0.05) is 10.9 Å². The average molecular weight is 388 g/mol. The van der Waals surface area contributed by atoms with Crippen LogP contribution in [0.1, 0.15) is 0 Å². The summed E-state index contributed by atoms with van der Waals surface area (Å²) in [5, 5.41) is 3.42. The second-order valence-electron chi connectivity index (χ2n) is 7.41. The van der Waals surface area contributed by atoms with Gasteiger partial charge in [0.1, 0.15) is 17.0 Å². The van der Waals surface area contributed by atoms with Gasteiger partial charge in [0.05, 0.1) is 38.6 Å². The molecular formula is C23H23N4S+. The number of nitrogens with zero attached hydrogens (tertiary/aromatic N) is 3. The summed E-state index contributed by atoms with van der Waals surface area (Å²) in [5.41, 5.74) is 4.94. The third-order valence-electron chi connectivity index (χ3n) is 5.57. The quantitative estimate of drug-likeness (QED) is 0.585. The van der Waals surface area contributed by atoms with Crippen LogP contribution in [-0.2, 0) is 0 Å². The van der Waals surface area contributed by atoms with E-state index in [4.69, 9.17) is 4.98 Å². The van der Waals surface area contributed by atoms with Crippen LogP contribution in [0.5, 0.6) is 0 Å². The molecule has 0 spiro atoms. The zero-order chi connectivity index (χ0) is 18.9. The van der Waals surface area contributed by atoms with E-state index in [-0.39, 0.29) is 0 Å². The highest BCUT2D eigenvalue weighted by Crippen LogP contribution is 2.38. The first kappa shape index (κ1) is 17.3. The number of hydrogen-bond acceptors (Lipinski definition) is 4. The van der Waals surface area contributed by atoms with Gasteiger partial charge in [0.25, 0.3) is 0 Å². The van der Waals surface area contributed by atoms with Crippen molar-refractivity contribution in [1.82, 2.24) is 9.97 Å². The second-order valence-corrected chi connectivity index (χ2v) is 8.27. The molecule has 0 radical (unpaired) electrons. The van der Waals surface area contributed by atoms with Crippen LogP contribution < -0.4 is 9.80 Å². The van der Waals surface area contributed by atoms with E-state index in [1.165, 1.54) is 27.6 Å². The first-order chi connectivity index (χ1) is 13.8. The fourth-order valence-electron chi connectivity index (χ4n) is 3.88. The summed E-state index contributed by atoms with van der Waals surface area (Å²) in [6, 6.07) is 19.4. The molecule has 2 aromatic carbocycles. The number of nitrogens with one attached hydrogen (secondary N) is 1. The number of rotatable bonds is 3. The van der Waals surface area contributed by atoms with Gasteiger partial charge in [-0.25, -0.2) is 9.97 Å². The summed E-state index contributed by atoms with van der Waals surface area (Å²) in [7, 11) is 2.26. The molecule has 0 unspecified atom stereocenters. The standard InChI is InChI=1S/C23H22N4S/c1-26-11-13-27(14-12-26)22-21-20(15-28-23(21)25-16-24-22)19-9-7-18(8-10-19)17-5-3-2-4-6-17/h2-10,15-16H,11-14H2,1H3/p+1. The Morgan fingerprint density at radius 1 is 0.857 bits per heavy atom. The monoisotopic (exact) mass is 387 g/mol. The predicted octanol–water partition coefficient (Wildman–Crippen LogP) is 3.36. The maximum absolute atomic E-state index is 4.69. The summed E-state index contributed by atoms with van der Waals surface area (Å²) >= 11 is 1.71. The van der Waals surface area contributed by atoms with Crippen molar-refractivity contribution in [2.75, 3.05) is 38.1 Å². The Kier molecular flexibility index (Phi) is 4.55. The number of thiophene rings is 1. The van der Waals surface area contributed by atoms with Crippen LogP contribution in [-0.4, -0.2) is 43.2 Å². The van der Waals surface area contributed by atoms with Crippen LogP contribution in [0, 0.1) is 0 Å². The molecule has 4 aromatic rings. The highest BCUT2D eigenvalue weighted by molar-refractivity contribution is 7.17. The van der Waals surface area contributed by atoms with Crippen molar-refractivity contribution in [1.29, 1.82) is 0 Å². The molecule has 3 heterocycles. The number of anilines is 1. The molecular weight excluding hydrogens is 364 g/mol. The molecule has 1 fully saturated rings. The van der Waals surface area contributed by atoms with E-state index in [1.54, 1.807) is 22.6 Å². The molecule has 1 saturated heterocycles. The van der Waals surface area contributed by atoms with Crippen molar-refractivity contribution in [2.45, 2.75) is 0 Å². The van der Waals surface area contributed by atoms with Gasteiger partial charge in [-0.2, -0.15) is 0 Å². The smallest absolute Gasteiger partial charge is 0.141 e. The highest BCUT2D eigenvalue weighted by Gasteiger charge is 2.22. The van der Waals surface area contributed by atoms with Crippen molar-refractivity contribution < 1.29 is 4.90 Å². The van der Waals surface area contributed by atoms with E-state index < -0.39 is 0 Å². The lowest BCUT2D eigenvalue weighted by Crippen LogP contribution is -3.12. The van der Waals surface area contributed by atoms with Gasteiger partial charge in [0.15, 0.2) is 0 Å². The minimum atomic E-state index is 1.04. The number of piperazine rings is 1. The summed E-state index contributed by atoms with van der Waals surface area (Å²) in [6.07, 6.45) is 1.71. The number of hydrogen-bond donors (Lipinski definition) is 1. The summed E-state index contributed by atoms with van der Waals surface area (Å²) in [4.78, 5) is 14.3. The first-order valence-electron chi connectivity index (χ1n) is 9.74. The van der Waals surface area contributed by atoms with Gasteiger partial charge in [-0.15, -0.1) is 11.3 Å². The van der Waals surface area contributed by atoms with Gasteiger partial charge in [-0.3, -0.25) is 0 Å². The number of fused-ring (bicyclic) bond motifs is 1. The Balaban J connectivity index is 1.54. The molecule has 140 valence electrons. The Bertz CT molecular complexity index is 1080. The molecule has 0 atom stereocenters. The summed E-state index contributed by atoms with van der Waals surface area (Å²) in [5.74, 6) is 1.08. The number of aromatic nitrogens is 2. The van der Waals surface area contributed by atoms with E-state index in [0.717, 1.165) is 36.8 Å². The molecule has 0 saturated carbocycles. The third-order valence-corrected chi connectivity index (χ3v) is 6.46. The molecule has 1 aliphatic heterocycles. The zero-order valence-electron chi connectivity index (χ0n) is 15.9. The SMILES string of the molecule is C[NH+]1CCN(c2ncnc3scc(-c4ccc(-c5ccccc5)cc4)c23)CC1. The largest absolute Gasteiger partial charge is 0.345 e. The molecule has 2 aromatic heterocycles. The molecule has 28 heavy (non-hydrogen) atoms. The highest BCUT2D eigenvalue weighted by atomic mass is 32.1. The fourth-order valence-corrected chi connectivity index (χ4v) is 4.80. The molecule has 0 aliphatic carbocycles. The van der Waals surface area contributed by atoms with E-state index in [2.05, 4.69) is 76.9 Å². The lowest BCUT2D eigenvalue weighted by Gasteiger charge is -2.31. The van der Waals surface area contributed by atoms with Crippen molar-refractivity contribution >= 4 is 27.4 Å². The molecule has 0 amide bonds. The molecule has 4 nitrogen and oxygen atoms in total. The van der Waals surface area contributed by atoms with Crippen LogP contribution in [0.4, 0.5) is 5.82 Å². The van der Waals surface area contributed by atoms with Crippen LogP contribution in [0.2, 0.25) is 0 Å². The topological polar surface area (TPSA) is 33.5 Å². The Hall–Kier alpha value is -2.76. The van der Waals surface area contributed by atoms with Gasteiger partial charge in [-0.05, 0) is 16.7 Å². The third kappa shape index (κ3) is 3.17. The first-order valence-corrected chi connectivity index (χ1v) is 10.6. The minimum Gasteiger partial charge on any atom is -0.345 e. The molecule has 1 N–H and O–H groups in total. The van der Waals surface area contributed by atoms with E-state index >= 15 is 0 Å². The molecule has 1 aliphatic rings. The maximum atomic E-state index is 4.69. The second kappa shape index (κ2) is 7.34. The zero-order valence-corrected chi connectivity index (χ0v) is 16.7. The van der Waals surface area contributed by atoms with Crippen LogP contribution in [0.25, 0.3) is 32.5 Å². The lowest BCUT2D eigenvalue weighted by atomic mass is 10.0. The Morgan fingerprint density at radius 2 is 1.54 bits per heavy atom. The van der Waals surface area contributed by atoms with Crippen molar-refractivity contribution in [2.24, 2.45) is 0 Å². The Labute approximate surface area is 169 Å². The van der Waals surface area contributed by atoms with Gasteiger partial charge in [0.2, 0.25) is 0 Å². The van der Waals surface area contributed by atoms with Crippen molar-refractivity contribution in [3.63, 3.8) is 0 Å². The van der Waals surface area contributed by atoms with E-state index in [0.29, 0.717) is 0 Å². The van der Waals surface area contributed by atoms with Crippen LogP contribution in [0.15, 0.2) is 66.3 Å². The fraction of sp³-hybridized carbons (Fsp3) is 0.217. The van der Waals surface area contributed by atoms with Gasteiger partial charge < -0.3 is 9.80 Å². The van der Waals surface area contributed by atoms with Gasteiger partial charge in [-0.1, -0.05) is 54.6 Å². The summed E-state index contributed by atoms with van der Waals surface area (Å²) < 4.78 is 0. The normalized spacial score (nSPS) is 15.2. The number of benzene rings is 2. The lowest BCUT2D eigenvalue weighted by molar-refractivity contribution is -0.880. The van der Waals surface area contributed by atoms with E-state index in [9.17, 15) is 0 Å². The molecule has 5 rings (SSSR count).